The molecule has 6 nitrogen and oxygen atoms in total. The van der Waals surface area contributed by atoms with Gasteiger partial charge in [0.2, 0.25) is 5.91 Å². The molecule has 0 saturated carbocycles. The third-order valence-corrected chi connectivity index (χ3v) is 14.8. The summed E-state index contributed by atoms with van der Waals surface area (Å²) in [6.07, 6.45) is 73.8. The third kappa shape index (κ3) is 51.4. The molecule has 0 rings (SSSR count). The molecule has 0 aromatic heterocycles. The lowest BCUT2D eigenvalue weighted by molar-refractivity contribution is -0.132. The Morgan fingerprint density at radius 1 is 0.343 bits per heavy atom. The second kappa shape index (κ2) is 58.4. The SMILES string of the molecule is CCCCCCCCCCCCCC/C=C\CCCCCCCCCCCCCC(O)C(=O)NC(CO)C(O)C(O)CCC/C=C/CC/C=C/CCCCCCCCCCCCCCCCCCCC. The zero-order chi connectivity index (χ0) is 50.9. The monoisotopic (exact) mass is 986 g/mol. The molecule has 1 amide bonds. The number of hydrogen-bond acceptors (Lipinski definition) is 5. The predicted molar refractivity (Wildman–Crippen MR) is 307 cm³/mol. The quantitative estimate of drug-likeness (QED) is 0.0308. The molecule has 0 aromatic rings. The Labute approximate surface area is 437 Å². The minimum Gasteiger partial charge on any atom is -0.394 e. The summed E-state index contributed by atoms with van der Waals surface area (Å²) in [6.45, 7) is 4.08. The van der Waals surface area contributed by atoms with Gasteiger partial charge in [0.25, 0.3) is 0 Å². The molecule has 0 heterocycles. The molecule has 0 aliphatic rings. The van der Waals surface area contributed by atoms with Crippen molar-refractivity contribution in [1.82, 2.24) is 5.32 Å². The number of rotatable bonds is 58. The van der Waals surface area contributed by atoms with Gasteiger partial charge in [0.1, 0.15) is 12.2 Å². The van der Waals surface area contributed by atoms with Crippen LogP contribution in [0.5, 0.6) is 0 Å². The standard InChI is InChI=1S/C64H123NO5/c1-3-5-7-9-11-13-15-17-19-21-23-25-27-29-31-33-35-37-39-41-43-45-47-49-51-53-55-57-61(67)63(69)60(59-66)65-64(70)62(68)58-56-54-52-50-48-46-44-42-40-38-36-34-32-30-28-26-24-22-20-18-16-14-12-10-8-6-4-2/h30,32,41,43,49,51,60-63,66-69H,3-29,31,33-40,42,44-48,50,52-59H2,1-2H3,(H,65,70)/b32-30-,43-41+,51-49+. The van der Waals surface area contributed by atoms with E-state index in [0.717, 1.165) is 38.5 Å². The van der Waals surface area contributed by atoms with Gasteiger partial charge in [0, 0.05) is 0 Å². The molecule has 70 heavy (non-hydrogen) atoms. The van der Waals surface area contributed by atoms with E-state index in [1.54, 1.807) is 0 Å². The van der Waals surface area contributed by atoms with Crippen LogP contribution in [-0.2, 0) is 4.79 Å². The molecule has 4 unspecified atom stereocenters. The minimum absolute atomic E-state index is 0.360. The van der Waals surface area contributed by atoms with Gasteiger partial charge < -0.3 is 25.7 Å². The largest absolute Gasteiger partial charge is 0.394 e. The van der Waals surface area contributed by atoms with E-state index < -0.39 is 36.9 Å². The van der Waals surface area contributed by atoms with Crippen LogP contribution >= 0.6 is 0 Å². The van der Waals surface area contributed by atoms with E-state index in [0.29, 0.717) is 19.3 Å². The fourth-order valence-electron chi connectivity index (χ4n) is 9.89. The van der Waals surface area contributed by atoms with Gasteiger partial charge in [-0.1, -0.05) is 294 Å². The molecule has 5 N–H and O–H groups in total. The molecule has 0 radical (unpaired) electrons. The lowest BCUT2D eigenvalue weighted by Crippen LogP contribution is -2.53. The Morgan fingerprint density at radius 3 is 0.900 bits per heavy atom. The molecule has 0 fully saturated rings. The number of carbonyl (C=O) groups excluding carboxylic acids is 1. The van der Waals surface area contributed by atoms with Gasteiger partial charge >= 0.3 is 0 Å². The zero-order valence-electron chi connectivity index (χ0n) is 47.0. The zero-order valence-corrected chi connectivity index (χ0v) is 47.0. The number of aliphatic hydroxyl groups is 4. The summed E-state index contributed by atoms with van der Waals surface area (Å²) >= 11 is 0. The molecule has 414 valence electrons. The second-order valence-electron chi connectivity index (χ2n) is 21.7. The van der Waals surface area contributed by atoms with Crippen molar-refractivity contribution in [3.63, 3.8) is 0 Å². The van der Waals surface area contributed by atoms with Gasteiger partial charge in [-0.25, -0.2) is 0 Å². The third-order valence-electron chi connectivity index (χ3n) is 14.8. The van der Waals surface area contributed by atoms with Crippen molar-refractivity contribution in [2.45, 2.75) is 359 Å². The molecular weight excluding hydrogens is 863 g/mol. The molecule has 0 bridgehead atoms. The Balaban J connectivity index is 3.64. The minimum atomic E-state index is -1.29. The van der Waals surface area contributed by atoms with Gasteiger partial charge in [-0.15, -0.1) is 0 Å². The number of hydrogen-bond donors (Lipinski definition) is 5. The molecule has 6 heteroatoms. The number of carbonyl (C=O) groups is 1. The van der Waals surface area contributed by atoms with Crippen LogP contribution in [0.1, 0.15) is 335 Å². The van der Waals surface area contributed by atoms with Crippen molar-refractivity contribution in [2.75, 3.05) is 6.61 Å². The first-order valence-corrected chi connectivity index (χ1v) is 31.4. The summed E-state index contributed by atoms with van der Waals surface area (Å²) in [7, 11) is 0. The molecule has 0 spiro atoms. The molecule has 0 aliphatic carbocycles. The van der Waals surface area contributed by atoms with E-state index in [1.165, 1.54) is 263 Å². The van der Waals surface area contributed by atoms with Crippen LogP contribution in [0, 0.1) is 0 Å². The van der Waals surface area contributed by atoms with Crippen molar-refractivity contribution in [2.24, 2.45) is 0 Å². The van der Waals surface area contributed by atoms with Crippen LogP contribution in [0.3, 0.4) is 0 Å². The topological polar surface area (TPSA) is 110 Å². The highest BCUT2D eigenvalue weighted by molar-refractivity contribution is 5.80. The molecule has 4 atom stereocenters. The van der Waals surface area contributed by atoms with Crippen LogP contribution in [0.2, 0.25) is 0 Å². The lowest BCUT2D eigenvalue weighted by atomic mass is 10.00. The highest BCUT2D eigenvalue weighted by atomic mass is 16.3. The van der Waals surface area contributed by atoms with Crippen LogP contribution in [0.4, 0.5) is 0 Å². The number of aliphatic hydroxyl groups excluding tert-OH is 4. The van der Waals surface area contributed by atoms with Gasteiger partial charge in [-0.05, 0) is 77.0 Å². The Hall–Kier alpha value is -1.47. The summed E-state index contributed by atoms with van der Waals surface area (Å²) in [5.41, 5.74) is 0. The summed E-state index contributed by atoms with van der Waals surface area (Å²) in [5.74, 6) is -0.594. The number of nitrogens with one attached hydrogen (secondary N) is 1. The first kappa shape index (κ1) is 68.5. The fourth-order valence-corrected chi connectivity index (χ4v) is 9.89. The van der Waals surface area contributed by atoms with Crippen LogP contribution in [0.25, 0.3) is 0 Å². The number of unbranched alkanes of at least 4 members (excludes halogenated alkanes) is 43. The van der Waals surface area contributed by atoms with E-state index in [1.807, 2.05) is 0 Å². The lowest BCUT2D eigenvalue weighted by Gasteiger charge is -2.27. The molecule has 0 saturated heterocycles. The van der Waals surface area contributed by atoms with Crippen LogP contribution < -0.4 is 5.32 Å². The normalized spacial score (nSPS) is 13.9. The predicted octanol–water partition coefficient (Wildman–Crippen LogP) is 18.8. The van der Waals surface area contributed by atoms with Crippen molar-refractivity contribution >= 4 is 5.91 Å². The van der Waals surface area contributed by atoms with Gasteiger partial charge in [0.15, 0.2) is 0 Å². The smallest absolute Gasteiger partial charge is 0.249 e. The van der Waals surface area contributed by atoms with Crippen molar-refractivity contribution in [3.8, 4) is 0 Å². The maximum atomic E-state index is 12.6. The maximum Gasteiger partial charge on any atom is 0.249 e. The molecular formula is C64H123NO5. The Morgan fingerprint density at radius 2 is 0.600 bits per heavy atom. The summed E-state index contributed by atoms with van der Waals surface area (Å²) in [6, 6.07) is -1.01. The first-order chi connectivity index (χ1) is 34.5. The highest BCUT2D eigenvalue weighted by Gasteiger charge is 2.28. The number of amides is 1. The molecule has 0 aromatic carbocycles. The average Bonchev–Trinajstić information content (AvgIpc) is 3.36. The fraction of sp³-hybridized carbons (Fsp3) is 0.891. The van der Waals surface area contributed by atoms with Crippen molar-refractivity contribution < 1.29 is 25.2 Å². The number of allylic oxidation sites excluding steroid dienone is 6. The maximum absolute atomic E-state index is 12.6. The average molecular weight is 987 g/mol. The van der Waals surface area contributed by atoms with Crippen LogP contribution in [0.15, 0.2) is 36.5 Å². The van der Waals surface area contributed by atoms with E-state index >= 15 is 0 Å². The van der Waals surface area contributed by atoms with Crippen molar-refractivity contribution in [3.05, 3.63) is 36.5 Å². The van der Waals surface area contributed by atoms with Gasteiger partial charge in [-0.3, -0.25) is 4.79 Å². The van der Waals surface area contributed by atoms with E-state index in [4.69, 9.17) is 0 Å². The van der Waals surface area contributed by atoms with Crippen molar-refractivity contribution in [1.29, 1.82) is 0 Å². The summed E-state index contributed by atoms with van der Waals surface area (Å²) in [4.78, 5) is 12.6. The van der Waals surface area contributed by atoms with Crippen LogP contribution in [-0.4, -0.2) is 57.3 Å². The Bertz CT molecular complexity index is 1110. The van der Waals surface area contributed by atoms with E-state index in [9.17, 15) is 25.2 Å². The van der Waals surface area contributed by atoms with Gasteiger partial charge in [0.05, 0.1) is 18.8 Å². The second-order valence-corrected chi connectivity index (χ2v) is 21.7. The summed E-state index contributed by atoms with van der Waals surface area (Å²) in [5, 5.41) is 44.1. The highest BCUT2D eigenvalue weighted by Crippen LogP contribution is 2.18. The summed E-state index contributed by atoms with van der Waals surface area (Å²) < 4.78 is 0. The Kier molecular flexibility index (Phi) is 57.2. The van der Waals surface area contributed by atoms with Gasteiger partial charge in [-0.2, -0.15) is 0 Å². The van der Waals surface area contributed by atoms with E-state index in [2.05, 4.69) is 55.6 Å². The first-order valence-electron chi connectivity index (χ1n) is 31.4. The van der Waals surface area contributed by atoms with E-state index in [-0.39, 0.29) is 0 Å². The molecule has 0 aliphatic heterocycles.